The van der Waals surface area contributed by atoms with Crippen LogP contribution in [0.4, 0.5) is 29.7 Å². The summed E-state index contributed by atoms with van der Waals surface area (Å²) in [6.45, 7) is 1.83. The number of allylic oxidation sites excluding steroid dienone is 2. The Morgan fingerprint density at radius 1 is 1.12 bits per heavy atom. The maximum absolute atomic E-state index is 13.1. The van der Waals surface area contributed by atoms with Gasteiger partial charge in [0.05, 0.1) is 11.3 Å². The minimum Gasteiger partial charge on any atom is -0.383 e. The molecule has 5 rings (SSSR count). The first-order chi connectivity index (χ1) is 19.2. The second kappa shape index (κ2) is 11.6. The third-order valence-electron chi connectivity index (χ3n) is 6.82. The van der Waals surface area contributed by atoms with Crippen molar-refractivity contribution < 1.29 is 27.9 Å². The highest BCUT2D eigenvalue weighted by molar-refractivity contribution is 7.13. The monoisotopic (exact) mass is 568 g/mol. The van der Waals surface area contributed by atoms with Gasteiger partial charge in [0.1, 0.15) is 6.10 Å². The fraction of sp³-hybridized carbons (Fsp3) is 0.276. The normalized spacial score (nSPS) is 18.0. The fourth-order valence-electron chi connectivity index (χ4n) is 4.74. The summed E-state index contributed by atoms with van der Waals surface area (Å²) in [6.07, 6.45) is 2.26. The zero-order valence-corrected chi connectivity index (χ0v) is 22.2. The molecule has 40 heavy (non-hydrogen) atoms. The summed E-state index contributed by atoms with van der Waals surface area (Å²) in [4.78, 5) is 31.5. The van der Waals surface area contributed by atoms with Gasteiger partial charge in [-0.3, -0.25) is 9.59 Å². The van der Waals surface area contributed by atoms with E-state index in [1.54, 1.807) is 24.3 Å². The summed E-state index contributed by atoms with van der Waals surface area (Å²) in [5, 5.41) is 18.0. The number of carbonyl (C=O) groups is 2. The lowest BCUT2D eigenvalue weighted by Gasteiger charge is -2.25. The van der Waals surface area contributed by atoms with Crippen LogP contribution in [0.25, 0.3) is 5.57 Å². The third kappa shape index (κ3) is 6.26. The second-order valence-corrected chi connectivity index (χ2v) is 10.4. The number of rotatable bonds is 6. The number of nitrogens with zero attached hydrogens (tertiary/aromatic N) is 2. The van der Waals surface area contributed by atoms with Crippen LogP contribution in [-0.2, 0) is 22.2 Å². The van der Waals surface area contributed by atoms with Gasteiger partial charge in [0.15, 0.2) is 5.13 Å². The third-order valence-corrected chi connectivity index (χ3v) is 7.72. The van der Waals surface area contributed by atoms with Crippen LogP contribution in [0.1, 0.15) is 41.6 Å². The molecule has 1 aromatic heterocycles. The fourth-order valence-corrected chi connectivity index (χ4v) is 5.62. The molecule has 1 atom stereocenters. The second-order valence-electron chi connectivity index (χ2n) is 9.61. The first-order valence-electron chi connectivity index (χ1n) is 12.9. The Labute approximate surface area is 233 Å². The van der Waals surface area contributed by atoms with Crippen LogP contribution in [0.2, 0.25) is 0 Å². The number of thiazole rings is 1. The molecule has 1 fully saturated rings. The predicted octanol–water partition coefficient (Wildman–Crippen LogP) is 5.63. The number of nitrogens with one attached hydrogen (secondary N) is 2. The van der Waals surface area contributed by atoms with E-state index in [2.05, 4.69) is 15.5 Å². The molecule has 3 aromatic rings. The van der Waals surface area contributed by atoms with Crippen molar-refractivity contribution in [1.29, 1.82) is 0 Å². The van der Waals surface area contributed by atoms with Crippen molar-refractivity contribution in [3.05, 3.63) is 88.5 Å². The van der Waals surface area contributed by atoms with Gasteiger partial charge in [-0.1, -0.05) is 30.4 Å². The van der Waals surface area contributed by atoms with E-state index in [9.17, 15) is 27.9 Å². The summed E-state index contributed by atoms with van der Waals surface area (Å²) >= 11 is 1.48. The lowest BCUT2D eigenvalue weighted by Crippen LogP contribution is -2.34. The molecule has 2 aliphatic heterocycles. The quantitative estimate of drug-likeness (QED) is 0.265. The van der Waals surface area contributed by atoms with E-state index in [-0.39, 0.29) is 6.42 Å². The Morgan fingerprint density at radius 3 is 2.60 bits per heavy atom. The zero-order valence-electron chi connectivity index (χ0n) is 21.4. The number of aromatic nitrogens is 1. The lowest BCUT2D eigenvalue weighted by molar-refractivity contribution is -0.137. The van der Waals surface area contributed by atoms with Gasteiger partial charge in [-0.25, -0.2) is 4.98 Å². The lowest BCUT2D eigenvalue weighted by atomic mass is 9.99. The number of carbonyl (C=O) groups excluding carboxylic acids is 2. The smallest absolute Gasteiger partial charge is 0.383 e. The van der Waals surface area contributed by atoms with Crippen molar-refractivity contribution in [2.24, 2.45) is 0 Å². The van der Waals surface area contributed by atoms with Gasteiger partial charge in [-0.2, -0.15) is 13.2 Å². The molecule has 0 bridgehead atoms. The average molecular weight is 569 g/mol. The summed E-state index contributed by atoms with van der Waals surface area (Å²) < 4.78 is 39.4. The molecule has 3 N–H and O–H groups in total. The van der Waals surface area contributed by atoms with E-state index in [1.165, 1.54) is 42.0 Å². The largest absolute Gasteiger partial charge is 0.416 e. The number of fused-ring (bicyclic) bond motifs is 1. The Morgan fingerprint density at radius 2 is 1.88 bits per heavy atom. The van der Waals surface area contributed by atoms with Crippen molar-refractivity contribution in [3.63, 3.8) is 0 Å². The van der Waals surface area contributed by atoms with Gasteiger partial charge in [-0.05, 0) is 49.1 Å². The zero-order chi connectivity index (χ0) is 28.3. The average Bonchev–Trinajstić information content (AvgIpc) is 3.42. The maximum atomic E-state index is 13.1. The Hall–Kier alpha value is -3.96. The number of hydrogen-bond acceptors (Lipinski definition) is 6. The number of aliphatic hydroxyl groups is 1. The molecule has 1 unspecified atom stereocenters. The van der Waals surface area contributed by atoms with Crippen LogP contribution in [0.5, 0.6) is 0 Å². The molecule has 0 spiro atoms. The number of aliphatic hydroxyl groups excluding tert-OH is 1. The van der Waals surface area contributed by atoms with E-state index in [1.807, 2.05) is 5.38 Å². The topological polar surface area (TPSA) is 94.6 Å². The van der Waals surface area contributed by atoms with Crippen LogP contribution in [-0.4, -0.2) is 41.1 Å². The van der Waals surface area contributed by atoms with Gasteiger partial charge < -0.3 is 20.6 Å². The van der Waals surface area contributed by atoms with Crippen LogP contribution >= 0.6 is 11.3 Å². The molecule has 3 heterocycles. The van der Waals surface area contributed by atoms with Crippen molar-refractivity contribution >= 4 is 45.2 Å². The van der Waals surface area contributed by atoms with Crippen molar-refractivity contribution in [2.75, 3.05) is 28.6 Å². The molecule has 11 heteroatoms. The molecule has 2 amide bonds. The molecule has 1 saturated heterocycles. The van der Waals surface area contributed by atoms with Gasteiger partial charge in [0.2, 0.25) is 5.91 Å². The molecule has 7 nitrogen and oxygen atoms in total. The Bertz CT molecular complexity index is 1460. The van der Waals surface area contributed by atoms with Gasteiger partial charge >= 0.3 is 6.18 Å². The van der Waals surface area contributed by atoms with Crippen molar-refractivity contribution in [1.82, 2.24) is 4.98 Å². The predicted molar refractivity (Wildman–Crippen MR) is 149 cm³/mol. The number of halogens is 3. The summed E-state index contributed by atoms with van der Waals surface area (Å²) in [7, 11) is 0. The van der Waals surface area contributed by atoms with E-state index in [4.69, 9.17) is 4.98 Å². The number of anilines is 3. The maximum Gasteiger partial charge on any atom is 0.416 e. The van der Waals surface area contributed by atoms with Gasteiger partial charge in [-0.15, -0.1) is 11.3 Å². The van der Waals surface area contributed by atoms with Crippen LogP contribution < -0.4 is 15.5 Å². The number of piperidine rings is 1. The number of alkyl halides is 3. The van der Waals surface area contributed by atoms with Crippen LogP contribution in [0.15, 0.2) is 66.1 Å². The van der Waals surface area contributed by atoms with E-state index >= 15 is 0 Å². The van der Waals surface area contributed by atoms with Crippen molar-refractivity contribution in [3.8, 4) is 0 Å². The van der Waals surface area contributed by atoms with E-state index in [0.29, 0.717) is 33.8 Å². The molecular weight excluding hydrogens is 541 g/mol. The first kappa shape index (κ1) is 27.6. The highest BCUT2D eigenvalue weighted by atomic mass is 32.1. The number of amides is 2. The molecule has 2 aliphatic rings. The summed E-state index contributed by atoms with van der Waals surface area (Å²) in [6, 6.07) is 9.91. The molecule has 0 radical (unpaired) electrons. The summed E-state index contributed by atoms with van der Waals surface area (Å²) in [5.41, 5.74) is 2.58. The highest BCUT2D eigenvalue weighted by Gasteiger charge is 2.30. The molecular formula is C29H27F3N4O3S. The number of hydrogen-bond donors (Lipinski definition) is 3. The highest BCUT2D eigenvalue weighted by Crippen LogP contribution is 2.34. The molecule has 0 saturated carbocycles. The Kier molecular flexibility index (Phi) is 8.04. The standard InChI is InChI=1S/C29H27F3N4O3S/c30-29(31,32)19-12-10-18(11-13-19)20(24-17-40-28(35-24)36-14-2-1-3-15-36)6-4-9-26(38)33-22-7-5-8-23-21(22)16-25(37)27(39)34-23/h4-13,17,25,37H,1-3,14-16H2,(H,33,38)(H,34,39)/b9-4+,20-6-. The van der Waals surface area contributed by atoms with Gasteiger partial charge in [0, 0.05) is 53.5 Å². The minimum atomic E-state index is -4.45. The van der Waals surface area contributed by atoms with E-state index in [0.717, 1.165) is 43.2 Å². The van der Waals surface area contributed by atoms with Gasteiger partial charge in [0.25, 0.3) is 5.91 Å². The molecule has 208 valence electrons. The Balaban J connectivity index is 1.39. The number of benzene rings is 2. The molecule has 0 aliphatic carbocycles. The van der Waals surface area contributed by atoms with E-state index < -0.39 is 29.7 Å². The SMILES string of the molecule is O=C(/C=C/C=C(/c1ccc(C(F)(F)F)cc1)c1csc(N2CCCCC2)n1)Nc1cccc2c1CC(O)C(=O)N2. The minimum absolute atomic E-state index is 0.0719. The summed E-state index contributed by atoms with van der Waals surface area (Å²) in [5.74, 6) is -0.947. The van der Waals surface area contributed by atoms with Crippen LogP contribution in [0.3, 0.4) is 0 Å². The molecule has 2 aromatic carbocycles. The van der Waals surface area contributed by atoms with Crippen molar-refractivity contribution in [2.45, 2.75) is 38.0 Å². The van der Waals surface area contributed by atoms with Crippen LogP contribution in [0, 0.1) is 0 Å². The first-order valence-corrected chi connectivity index (χ1v) is 13.8.